The number of amides is 1. The van der Waals surface area contributed by atoms with Gasteiger partial charge in [-0.25, -0.2) is 4.98 Å². The fourth-order valence-electron chi connectivity index (χ4n) is 3.49. The van der Waals surface area contributed by atoms with E-state index in [1.807, 2.05) is 24.0 Å². The van der Waals surface area contributed by atoms with Crippen LogP contribution in [0.1, 0.15) is 31.9 Å². The minimum absolute atomic E-state index is 0.135. The van der Waals surface area contributed by atoms with Gasteiger partial charge in [0.2, 0.25) is 5.91 Å². The molecule has 0 saturated carbocycles. The third-order valence-corrected chi connectivity index (χ3v) is 4.84. The monoisotopic (exact) mass is 357 g/mol. The van der Waals surface area contributed by atoms with Crippen molar-refractivity contribution in [2.24, 2.45) is 0 Å². The van der Waals surface area contributed by atoms with E-state index in [2.05, 4.69) is 46.1 Å². The Kier molecular flexibility index (Phi) is 5.15. The number of methoxy groups -OCH3 is 1. The molecule has 140 valence electrons. The second kappa shape index (κ2) is 7.35. The van der Waals surface area contributed by atoms with Crippen molar-refractivity contribution in [3.05, 3.63) is 35.9 Å². The Balaban J connectivity index is 1.60. The highest BCUT2D eigenvalue weighted by Gasteiger charge is 2.35. The van der Waals surface area contributed by atoms with Crippen molar-refractivity contribution in [2.75, 3.05) is 31.6 Å². The smallest absolute Gasteiger partial charge is 0.223 e. The van der Waals surface area contributed by atoms with Crippen molar-refractivity contribution in [1.29, 1.82) is 0 Å². The third-order valence-electron chi connectivity index (χ3n) is 4.84. The molecule has 0 radical (unpaired) electrons. The number of anilines is 1. The highest BCUT2D eigenvalue weighted by molar-refractivity contribution is 5.77. The largest absolute Gasteiger partial charge is 0.497 e. The van der Waals surface area contributed by atoms with E-state index in [1.54, 1.807) is 7.11 Å². The molecule has 0 unspecified atom stereocenters. The molecule has 0 aliphatic carbocycles. The van der Waals surface area contributed by atoms with Gasteiger partial charge in [-0.05, 0) is 45.0 Å². The lowest BCUT2D eigenvalue weighted by Crippen LogP contribution is -2.60. The summed E-state index contributed by atoms with van der Waals surface area (Å²) in [4.78, 5) is 21.2. The summed E-state index contributed by atoms with van der Waals surface area (Å²) in [6.45, 7) is 8.45. The van der Waals surface area contributed by atoms with Crippen LogP contribution in [0.5, 0.6) is 5.75 Å². The van der Waals surface area contributed by atoms with Crippen molar-refractivity contribution in [3.63, 3.8) is 0 Å². The van der Waals surface area contributed by atoms with Crippen LogP contribution in [0.25, 0.3) is 0 Å². The number of ether oxygens (including phenoxy) is 1. The quantitative estimate of drug-likeness (QED) is 0.888. The van der Waals surface area contributed by atoms with Crippen molar-refractivity contribution in [2.45, 2.75) is 39.2 Å². The summed E-state index contributed by atoms with van der Waals surface area (Å²) < 4.78 is 5.24. The maximum Gasteiger partial charge on any atom is 0.223 e. The lowest BCUT2D eigenvalue weighted by atomic mass is 9.97. The minimum Gasteiger partial charge on any atom is -0.497 e. The van der Waals surface area contributed by atoms with Gasteiger partial charge in [0.25, 0.3) is 0 Å². The van der Waals surface area contributed by atoms with E-state index >= 15 is 0 Å². The lowest BCUT2D eigenvalue weighted by molar-refractivity contribution is -0.132. The van der Waals surface area contributed by atoms with E-state index in [0.29, 0.717) is 25.2 Å². The summed E-state index contributed by atoms with van der Waals surface area (Å²) in [5, 5.41) is 6.92. The average Bonchev–Trinajstić information content (AvgIpc) is 3.04. The Morgan fingerprint density at radius 2 is 2.00 bits per heavy atom. The van der Waals surface area contributed by atoms with Gasteiger partial charge < -0.3 is 14.5 Å². The molecule has 26 heavy (non-hydrogen) atoms. The molecular formula is C19H27N5O2. The average molecular weight is 357 g/mol. The first-order valence-electron chi connectivity index (χ1n) is 8.96. The van der Waals surface area contributed by atoms with Crippen LogP contribution < -0.4 is 9.64 Å². The SMILES string of the molecule is COc1ccc(N2CCN(C(=O)CCc3n[nH]c(C)n3)CC2(C)C)cc1. The van der Waals surface area contributed by atoms with Crippen LogP contribution >= 0.6 is 0 Å². The van der Waals surface area contributed by atoms with Crippen molar-refractivity contribution >= 4 is 11.6 Å². The van der Waals surface area contributed by atoms with Crippen LogP contribution in [0, 0.1) is 6.92 Å². The summed E-state index contributed by atoms with van der Waals surface area (Å²) in [6.07, 6.45) is 1.01. The number of aryl methyl sites for hydroxylation is 2. The maximum absolute atomic E-state index is 12.6. The standard InChI is InChI=1S/C19H27N5O2/c1-14-20-17(22-21-14)9-10-18(25)23-11-12-24(19(2,3)13-23)15-5-7-16(26-4)8-6-15/h5-8H,9-13H2,1-4H3,(H,20,21,22). The second-order valence-corrected chi connectivity index (χ2v) is 7.31. The molecule has 7 nitrogen and oxygen atoms in total. The number of aromatic amines is 1. The molecular weight excluding hydrogens is 330 g/mol. The molecule has 0 bridgehead atoms. The number of piperazine rings is 1. The molecule has 1 fully saturated rings. The highest BCUT2D eigenvalue weighted by Crippen LogP contribution is 2.29. The van der Waals surface area contributed by atoms with E-state index in [0.717, 1.165) is 30.4 Å². The van der Waals surface area contributed by atoms with Crippen molar-refractivity contribution < 1.29 is 9.53 Å². The molecule has 1 aromatic heterocycles. The van der Waals surface area contributed by atoms with Gasteiger partial charge in [0.05, 0.1) is 12.6 Å². The van der Waals surface area contributed by atoms with E-state index in [4.69, 9.17) is 4.74 Å². The Morgan fingerprint density at radius 3 is 2.58 bits per heavy atom. The summed E-state index contributed by atoms with van der Waals surface area (Å²) in [6, 6.07) is 8.09. The van der Waals surface area contributed by atoms with Crippen LogP contribution in [0.4, 0.5) is 5.69 Å². The summed E-state index contributed by atoms with van der Waals surface area (Å²) in [7, 11) is 1.67. The molecule has 0 atom stereocenters. The number of H-pyrrole nitrogens is 1. The number of carbonyl (C=O) groups excluding carboxylic acids is 1. The number of rotatable bonds is 5. The zero-order chi connectivity index (χ0) is 18.7. The van der Waals surface area contributed by atoms with Gasteiger partial charge in [0.1, 0.15) is 11.6 Å². The van der Waals surface area contributed by atoms with Gasteiger partial charge in [0.15, 0.2) is 5.82 Å². The molecule has 1 aliphatic rings. The molecule has 7 heteroatoms. The fourth-order valence-corrected chi connectivity index (χ4v) is 3.49. The Morgan fingerprint density at radius 1 is 1.27 bits per heavy atom. The van der Waals surface area contributed by atoms with Crippen molar-refractivity contribution in [3.8, 4) is 5.75 Å². The summed E-state index contributed by atoms with van der Waals surface area (Å²) in [5.74, 6) is 2.49. The zero-order valence-electron chi connectivity index (χ0n) is 16.0. The first-order valence-corrected chi connectivity index (χ1v) is 8.96. The van der Waals surface area contributed by atoms with Crippen molar-refractivity contribution in [1.82, 2.24) is 20.1 Å². The molecule has 0 spiro atoms. The van der Waals surface area contributed by atoms with Crippen LogP contribution in [0.3, 0.4) is 0 Å². The third kappa shape index (κ3) is 3.98. The molecule has 1 N–H and O–H groups in total. The first kappa shape index (κ1) is 18.2. The number of hydrogen-bond acceptors (Lipinski definition) is 5. The van der Waals surface area contributed by atoms with Crippen LogP contribution in [-0.2, 0) is 11.2 Å². The van der Waals surface area contributed by atoms with Gasteiger partial charge >= 0.3 is 0 Å². The normalized spacial score (nSPS) is 16.6. The number of hydrogen-bond donors (Lipinski definition) is 1. The number of carbonyl (C=O) groups is 1. The number of nitrogens with zero attached hydrogens (tertiary/aromatic N) is 4. The Labute approximate surface area is 154 Å². The number of aromatic nitrogens is 3. The van der Waals surface area contributed by atoms with Gasteiger partial charge in [0, 0.05) is 38.2 Å². The van der Waals surface area contributed by atoms with Crippen LogP contribution in [-0.4, -0.2) is 58.3 Å². The number of benzene rings is 1. The topological polar surface area (TPSA) is 74.3 Å². The van der Waals surface area contributed by atoms with Gasteiger partial charge in [-0.1, -0.05) is 0 Å². The molecule has 1 saturated heterocycles. The Hall–Kier alpha value is -2.57. The molecule has 2 aromatic rings. The van der Waals surface area contributed by atoms with Gasteiger partial charge in [-0.2, -0.15) is 5.10 Å². The molecule has 2 heterocycles. The second-order valence-electron chi connectivity index (χ2n) is 7.31. The minimum atomic E-state index is -0.135. The molecule has 1 aromatic carbocycles. The maximum atomic E-state index is 12.6. The van der Waals surface area contributed by atoms with Crippen LogP contribution in [0.2, 0.25) is 0 Å². The molecule has 1 amide bonds. The summed E-state index contributed by atoms with van der Waals surface area (Å²) >= 11 is 0. The zero-order valence-corrected chi connectivity index (χ0v) is 16.0. The van der Waals surface area contributed by atoms with Crippen LogP contribution in [0.15, 0.2) is 24.3 Å². The van der Waals surface area contributed by atoms with E-state index in [1.165, 1.54) is 0 Å². The number of nitrogens with one attached hydrogen (secondary N) is 1. The Bertz CT molecular complexity index is 754. The predicted octanol–water partition coefficient (Wildman–Crippen LogP) is 2.18. The summed E-state index contributed by atoms with van der Waals surface area (Å²) in [5.41, 5.74) is 1.02. The predicted molar refractivity (Wildman–Crippen MR) is 100 cm³/mol. The lowest BCUT2D eigenvalue weighted by Gasteiger charge is -2.48. The molecule has 3 rings (SSSR count). The highest BCUT2D eigenvalue weighted by atomic mass is 16.5. The van der Waals surface area contributed by atoms with E-state index in [-0.39, 0.29) is 11.4 Å². The van der Waals surface area contributed by atoms with Gasteiger partial charge in [-0.3, -0.25) is 9.89 Å². The van der Waals surface area contributed by atoms with Gasteiger partial charge in [-0.15, -0.1) is 0 Å². The van der Waals surface area contributed by atoms with E-state index in [9.17, 15) is 4.79 Å². The van der Waals surface area contributed by atoms with E-state index < -0.39 is 0 Å². The first-order chi connectivity index (χ1) is 12.4. The fraction of sp³-hybridized carbons (Fsp3) is 0.526. The molecule has 1 aliphatic heterocycles.